The van der Waals surface area contributed by atoms with Crippen molar-refractivity contribution in [2.45, 2.75) is 82.4 Å². The molecule has 3 atom stereocenters. The highest BCUT2D eigenvalue weighted by Crippen LogP contribution is 2.67. The summed E-state index contributed by atoms with van der Waals surface area (Å²) in [4.78, 5) is 3.63. The van der Waals surface area contributed by atoms with Gasteiger partial charge in [-0.1, -0.05) is 58.0 Å². The predicted octanol–water partition coefficient (Wildman–Crippen LogP) is 6.60. The Bertz CT molecular complexity index is 1430. The molecule has 2 aliphatic rings. The van der Waals surface area contributed by atoms with Gasteiger partial charge in [0.1, 0.15) is 11.2 Å². The van der Waals surface area contributed by atoms with Crippen LogP contribution in [0.2, 0.25) is 18.1 Å². The molecule has 2 aromatic carbocycles. The first-order valence-corrected chi connectivity index (χ1v) is 15.8. The number of aromatic hydroxyl groups is 2. The summed E-state index contributed by atoms with van der Waals surface area (Å²) in [5.41, 5.74) is -0.00928. The lowest BCUT2D eigenvalue weighted by atomic mass is 9.74. The maximum absolute atomic E-state index is 11.7. The summed E-state index contributed by atoms with van der Waals surface area (Å²) in [5.74, 6) is -0.233. The lowest BCUT2D eigenvalue weighted by molar-refractivity contribution is -0.120. The van der Waals surface area contributed by atoms with Crippen molar-refractivity contribution >= 4 is 24.8 Å². The summed E-state index contributed by atoms with van der Waals surface area (Å²) in [6, 6.07) is 10.9. The molecule has 2 bridgehead atoms. The van der Waals surface area contributed by atoms with Crippen LogP contribution < -0.4 is 0 Å². The molecule has 0 amide bonds. The van der Waals surface area contributed by atoms with Crippen molar-refractivity contribution in [2.24, 2.45) is 0 Å². The zero-order valence-electron chi connectivity index (χ0n) is 22.4. The Morgan fingerprint density at radius 2 is 1.76 bits per heavy atom. The molecule has 37 heavy (non-hydrogen) atoms. The first-order valence-electron chi connectivity index (χ1n) is 12.9. The molecule has 0 spiro atoms. The van der Waals surface area contributed by atoms with Crippen LogP contribution in [0.15, 0.2) is 36.4 Å². The van der Waals surface area contributed by atoms with Crippen LogP contribution in [-0.2, 0) is 20.4 Å². The van der Waals surface area contributed by atoms with Gasteiger partial charge >= 0.3 is 0 Å². The van der Waals surface area contributed by atoms with E-state index in [2.05, 4.69) is 38.7 Å². The number of rotatable bonds is 6. The minimum atomic E-state index is -2.02. The topological polar surface area (TPSA) is 88.4 Å². The third-order valence-electron chi connectivity index (χ3n) is 8.98. The molecule has 1 fully saturated rings. The van der Waals surface area contributed by atoms with E-state index in [9.17, 15) is 15.3 Å². The van der Waals surface area contributed by atoms with E-state index in [-0.39, 0.29) is 16.8 Å². The van der Waals surface area contributed by atoms with Crippen LogP contribution in [0.5, 0.6) is 11.8 Å². The van der Waals surface area contributed by atoms with E-state index in [0.29, 0.717) is 48.4 Å². The first kappa shape index (κ1) is 25.8. The highest BCUT2D eigenvalue weighted by molar-refractivity contribution is 6.74. The van der Waals surface area contributed by atoms with Gasteiger partial charge in [-0.15, -0.1) is 0 Å². The quantitative estimate of drug-likeness (QED) is 0.252. The van der Waals surface area contributed by atoms with Crippen molar-refractivity contribution in [3.05, 3.63) is 58.9 Å². The minimum Gasteiger partial charge on any atom is -0.494 e. The SMILES string of the molecule is [C-]#[N+]c1ccc(-n2c(O)c3c(c2O)C2(CC)OC3(CCO[Si](C)(C)C(C)(C)C)C[C@@H]2O)c2ccccc12. The fraction of sp³-hybridized carbons (Fsp3) is 0.483. The van der Waals surface area contributed by atoms with E-state index in [1.807, 2.05) is 31.2 Å². The maximum Gasteiger partial charge on any atom is 0.205 e. The zero-order chi connectivity index (χ0) is 27.0. The molecule has 8 heteroatoms. The molecule has 7 nitrogen and oxygen atoms in total. The van der Waals surface area contributed by atoms with Gasteiger partial charge in [0.15, 0.2) is 14.0 Å². The Balaban J connectivity index is 1.65. The second-order valence-electron chi connectivity index (χ2n) is 11.9. The number of nitrogens with zero attached hydrogens (tertiary/aromatic N) is 2. The molecule has 3 N–H and O–H groups in total. The van der Waals surface area contributed by atoms with Crippen LogP contribution in [-0.4, -0.2) is 40.9 Å². The molecule has 5 rings (SSSR count). The number of aliphatic hydroxyl groups is 1. The lowest BCUT2D eigenvalue weighted by Crippen LogP contribution is -2.42. The maximum atomic E-state index is 11.7. The molecule has 2 unspecified atom stereocenters. The second-order valence-corrected chi connectivity index (χ2v) is 16.7. The van der Waals surface area contributed by atoms with Crippen molar-refractivity contribution in [3.63, 3.8) is 0 Å². The molecule has 196 valence electrons. The Labute approximate surface area is 219 Å². The number of fused-ring (bicyclic) bond motifs is 6. The lowest BCUT2D eigenvalue weighted by Gasteiger charge is -2.37. The molecular weight excluding hydrogens is 484 g/mol. The summed E-state index contributed by atoms with van der Waals surface area (Å²) in [5, 5.41) is 36.0. The third kappa shape index (κ3) is 3.48. The van der Waals surface area contributed by atoms with E-state index < -0.39 is 25.6 Å². The van der Waals surface area contributed by atoms with Gasteiger partial charge in [0, 0.05) is 19.4 Å². The fourth-order valence-corrected chi connectivity index (χ4v) is 6.97. The van der Waals surface area contributed by atoms with E-state index in [1.54, 1.807) is 12.1 Å². The fourth-order valence-electron chi connectivity index (χ4n) is 5.92. The minimum absolute atomic E-state index is 0.0526. The highest BCUT2D eigenvalue weighted by atomic mass is 28.4. The van der Waals surface area contributed by atoms with Gasteiger partial charge in [-0.2, -0.15) is 0 Å². The standard InChI is InChI=1S/C29H36N2O5Si/c1-8-29-22(32)17-28(36-29,15-16-35-37(6,7)27(2,3)4)23-24(29)26(34)31(25(23)33)21-14-13-20(30-5)18-11-9-10-12-19(18)21/h9-14,22,32-34H,8,15-17H2,1-4,6-7H3/t22-,28?,29?/m0/s1. The molecule has 0 aliphatic carbocycles. The normalized spacial score (nSPS) is 25.0. The van der Waals surface area contributed by atoms with Crippen LogP contribution in [0.3, 0.4) is 0 Å². The highest BCUT2D eigenvalue weighted by Gasteiger charge is 2.67. The summed E-state index contributed by atoms with van der Waals surface area (Å²) in [6.07, 6.45) is 0.406. The molecular formula is C29H36N2O5Si. The van der Waals surface area contributed by atoms with E-state index in [1.165, 1.54) is 4.57 Å². The molecule has 3 heterocycles. The van der Waals surface area contributed by atoms with Gasteiger partial charge in [-0.3, -0.25) is 4.57 Å². The van der Waals surface area contributed by atoms with Crippen molar-refractivity contribution in [1.29, 1.82) is 0 Å². The number of ether oxygens (including phenoxy) is 1. The van der Waals surface area contributed by atoms with Gasteiger partial charge in [-0.05, 0) is 41.4 Å². The Morgan fingerprint density at radius 3 is 2.38 bits per heavy atom. The smallest absolute Gasteiger partial charge is 0.205 e. The summed E-state index contributed by atoms with van der Waals surface area (Å²) >= 11 is 0. The van der Waals surface area contributed by atoms with Gasteiger partial charge in [-0.25, -0.2) is 4.85 Å². The van der Waals surface area contributed by atoms with Crippen LogP contribution in [0.1, 0.15) is 58.1 Å². The monoisotopic (exact) mass is 520 g/mol. The van der Waals surface area contributed by atoms with Gasteiger partial charge in [0.2, 0.25) is 11.8 Å². The molecule has 1 saturated heterocycles. The summed E-state index contributed by atoms with van der Waals surface area (Å²) in [6.45, 7) is 20.9. The summed E-state index contributed by atoms with van der Waals surface area (Å²) in [7, 11) is -2.02. The average Bonchev–Trinajstić information content (AvgIpc) is 3.40. The van der Waals surface area contributed by atoms with E-state index in [4.69, 9.17) is 15.7 Å². The summed E-state index contributed by atoms with van der Waals surface area (Å²) < 4.78 is 14.5. The average molecular weight is 521 g/mol. The molecule has 1 aromatic heterocycles. The van der Waals surface area contributed by atoms with Crippen molar-refractivity contribution in [1.82, 2.24) is 4.57 Å². The number of aliphatic hydroxyl groups excluding tert-OH is 1. The van der Waals surface area contributed by atoms with Crippen LogP contribution in [0.4, 0.5) is 5.69 Å². The Kier molecular flexibility index (Phi) is 5.81. The second kappa shape index (κ2) is 8.33. The Morgan fingerprint density at radius 1 is 1.11 bits per heavy atom. The molecule has 2 aliphatic heterocycles. The largest absolute Gasteiger partial charge is 0.494 e. The number of benzene rings is 2. The van der Waals surface area contributed by atoms with Crippen molar-refractivity contribution in [3.8, 4) is 17.4 Å². The van der Waals surface area contributed by atoms with Gasteiger partial charge < -0.3 is 24.5 Å². The zero-order valence-corrected chi connectivity index (χ0v) is 23.4. The van der Waals surface area contributed by atoms with Crippen molar-refractivity contribution in [2.75, 3.05) is 6.61 Å². The number of hydrogen-bond donors (Lipinski definition) is 3. The molecule has 0 saturated carbocycles. The van der Waals surface area contributed by atoms with E-state index in [0.717, 1.165) is 10.8 Å². The molecule has 0 radical (unpaired) electrons. The van der Waals surface area contributed by atoms with Crippen LogP contribution >= 0.6 is 0 Å². The Hall–Kier alpha value is -2.83. The van der Waals surface area contributed by atoms with Crippen molar-refractivity contribution < 1.29 is 24.5 Å². The first-order chi connectivity index (χ1) is 17.3. The number of aromatic nitrogens is 1. The van der Waals surface area contributed by atoms with Gasteiger partial charge in [0.25, 0.3) is 0 Å². The number of hydrogen-bond acceptors (Lipinski definition) is 5. The van der Waals surface area contributed by atoms with Gasteiger partial charge in [0.05, 0.1) is 29.5 Å². The van der Waals surface area contributed by atoms with Crippen LogP contribution in [0, 0.1) is 6.57 Å². The third-order valence-corrected chi connectivity index (χ3v) is 13.5. The predicted molar refractivity (Wildman–Crippen MR) is 146 cm³/mol. The van der Waals surface area contributed by atoms with E-state index >= 15 is 0 Å². The van der Waals surface area contributed by atoms with Crippen LogP contribution in [0.25, 0.3) is 21.3 Å². The molecule has 3 aromatic rings.